The van der Waals surface area contributed by atoms with Crippen molar-refractivity contribution in [3.63, 3.8) is 0 Å². The number of hydrogen-bond acceptors (Lipinski definition) is 7. The first-order valence-corrected chi connectivity index (χ1v) is 12.4. The number of benzene rings is 2. The van der Waals surface area contributed by atoms with Crippen molar-refractivity contribution in [2.24, 2.45) is 0 Å². The van der Waals surface area contributed by atoms with Gasteiger partial charge in [-0.15, -0.1) is 0 Å². The number of carbonyl (C=O) groups excluding carboxylic acids is 1. The quantitative estimate of drug-likeness (QED) is 0.364. The normalized spacial score (nSPS) is 11.1. The molecule has 0 atom stereocenters. The Morgan fingerprint density at radius 1 is 1.06 bits per heavy atom. The average Bonchev–Trinajstić information content (AvgIpc) is 3.38. The van der Waals surface area contributed by atoms with Gasteiger partial charge in [-0.25, -0.2) is 13.4 Å². The van der Waals surface area contributed by atoms with Crippen molar-refractivity contribution in [1.29, 1.82) is 0 Å². The molecule has 1 aromatic heterocycles. The van der Waals surface area contributed by atoms with Crippen molar-refractivity contribution < 1.29 is 27.4 Å². The maximum absolute atomic E-state index is 13.7. The number of rotatable bonds is 12. The number of methoxy groups -OCH3 is 3. The molecule has 10 nitrogen and oxygen atoms in total. The van der Waals surface area contributed by atoms with Crippen molar-refractivity contribution in [3.05, 3.63) is 60.1 Å². The SMILES string of the molecule is COc1ccc(S(=O)(=O)N(CC(=O)NCCCn2ccnc2)c2cc(Cl)ccc2OC)cc1OC. The third kappa shape index (κ3) is 6.37. The second-order valence-electron chi connectivity index (χ2n) is 7.35. The fourth-order valence-electron chi connectivity index (χ4n) is 3.36. The molecular formula is C23H27ClN4O6S. The molecule has 1 heterocycles. The molecule has 12 heteroatoms. The molecule has 2 aromatic carbocycles. The highest BCUT2D eigenvalue weighted by atomic mass is 35.5. The molecule has 0 saturated carbocycles. The number of hydrogen-bond donors (Lipinski definition) is 1. The molecule has 35 heavy (non-hydrogen) atoms. The second kappa shape index (κ2) is 11.8. The predicted molar refractivity (Wildman–Crippen MR) is 132 cm³/mol. The number of amides is 1. The van der Waals surface area contributed by atoms with Crippen LogP contribution in [0.3, 0.4) is 0 Å². The van der Waals surface area contributed by atoms with Gasteiger partial charge in [-0.1, -0.05) is 11.6 Å². The first-order valence-electron chi connectivity index (χ1n) is 10.6. The largest absolute Gasteiger partial charge is 0.495 e. The molecule has 0 unspecified atom stereocenters. The topological polar surface area (TPSA) is 112 Å². The van der Waals surface area contributed by atoms with Gasteiger partial charge in [0, 0.05) is 36.6 Å². The Morgan fingerprint density at radius 3 is 2.43 bits per heavy atom. The van der Waals surface area contributed by atoms with Gasteiger partial charge < -0.3 is 24.1 Å². The lowest BCUT2D eigenvalue weighted by Gasteiger charge is -2.26. The standard InChI is InChI=1S/C23H27ClN4O6S/c1-32-20-7-5-17(24)13-19(20)28(15-23(29)26-9-4-11-27-12-10-25-16-27)35(30,31)18-6-8-21(33-2)22(14-18)34-3/h5-8,10,12-14,16H,4,9,11,15H2,1-3H3,(H,26,29). The van der Waals surface area contributed by atoms with Crippen LogP contribution in [0.2, 0.25) is 5.02 Å². The van der Waals surface area contributed by atoms with Crippen LogP contribution in [0.5, 0.6) is 17.2 Å². The van der Waals surface area contributed by atoms with Crippen molar-refractivity contribution in [2.45, 2.75) is 17.9 Å². The third-order valence-corrected chi connectivity index (χ3v) is 7.11. The summed E-state index contributed by atoms with van der Waals surface area (Å²) < 4.78 is 46.2. The summed E-state index contributed by atoms with van der Waals surface area (Å²) in [4.78, 5) is 16.7. The van der Waals surface area contributed by atoms with Crippen LogP contribution >= 0.6 is 11.6 Å². The van der Waals surface area contributed by atoms with E-state index in [0.29, 0.717) is 25.3 Å². The van der Waals surface area contributed by atoms with E-state index in [9.17, 15) is 13.2 Å². The lowest BCUT2D eigenvalue weighted by Crippen LogP contribution is -2.41. The van der Waals surface area contributed by atoms with Gasteiger partial charge >= 0.3 is 0 Å². The van der Waals surface area contributed by atoms with Gasteiger partial charge in [0.1, 0.15) is 12.3 Å². The number of aryl methyl sites for hydroxylation is 1. The minimum atomic E-state index is -4.24. The summed E-state index contributed by atoms with van der Waals surface area (Å²) >= 11 is 6.17. The number of carbonyl (C=O) groups is 1. The molecule has 0 fully saturated rings. The minimum Gasteiger partial charge on any atom is -0.495 e. The van der Waals surface area contributed by atoms with E-state index in [4.69, 9.17) is 25.8 Å². The first kappa shape index (κ1) is 26.2. The summed E-state index contributed by atoms with van der Waals surface area (Å²) in [5.74, 6) is 0.359. The van der Waals surface area contributed by atoms with E-state index in [1.165, 1.54) is 51.7 Å². The second-order valence-corrected chi connectivity index (χ2v) is 9.65. The Bertz CT molecular complexity index is 1250. The number of anilines is 1. The van der Waals surface area contributed by atoms with Crippen molar-refractivity contribution in [3.8, 4) is 17.2 Å². The zero-order valence-corrected chi connectivity index (χ0v) is 21.2. The van der Waals surface area contributed by atoms with Gasteiger partial charge in [-0.2, -0.15) is 0 Å². The Hall–Kier alpha value is -3.44. The van der Waals surface area contributed by atoms with Gasteiger partial charge in [0.2, 0.25) is 5.91 Å². The van der Waals surface area contributed by atoms with Gasteiger partial charge in [-0.05, 0) is 36.8 Å². The number of ether oxygens (including phenoxy) is 3. The number of imidazole rings is 1. The van der Waals surface area contributed by atoms with Crippen LogP contribution < -0.4 is 23.8 Å². The fourth-order valence-corrected chi connectivity index (χ4v) is 4.96. The molecule has 1 N–H and O–H groups in total. The molecule has 0 spiro atoms. The first-order chi connectivity index (χ1) is 16.8. The van der Waals surface area contributed by atoms with Crippen LogP contribution in [0, 0.1) is 0 Å². The van der Waals surface area contributed by atoms with E-state index in [2.05, 4.69) is 10.3 Å². The maximum Gasteiger partial charge on any atom is 0.265 e. The molecule has 0 radical (unpaired) electrons. The van der Waals surface area contributed by atoms with E-state index in [-0.39, 0.29) is 27.1 Å². The van der Waals surface area contributed by atoms with Crippen molar-refractivity contribution in [2.75, 3.05) is 38.7 Å². The molecule has 3 aromatic rings. The Morgan fingerprint density at radius 2 is 1.77 bits per heavy atom. The summed E-state index contributed by atoms with van der Waals surface area (Å²) in [7, 11) is 0.0273. The van der Waals surface area contributed by atoms with E-state index < -0.39 is 22.5 Å². The lowest BCUT2D eigenvalue weighted by atomic mass is 10.3. The molecule has 0 bridgehead atoms. The van der Waals surface area contributed by atoms with Crippen molar-refractivity contribution in [1.82, 2.24) is 14.9 Å². The highest BCUT2D eigenvalue weighted by molar-refractivity contribution is 7.92. The number of halogens is 1. The van der Waals surface area contributed by atoms with Gasteiger partial charge in [0.25, 0.3) is 10.0 Å². The van der Waals surface area contributed by atoms with E-state index >= 15 is 0 Å². The summed E-state index contributed by atoms with van der Waals surface area (Å²) in [5, 5.41) is 3.05. The summed E-state index contributed by atoms with van der Waals surface area (Å²) in [6.07, 6.45) is 5.83. The van der Waals surface area contributed by atoms with E-state index in [0.717, 1.165) is 4.31 Å². The Labute approximate surface area is 209 Å². The zero-order chi connectivity index (χ0) is 25.4. The number of nitrogens with one attached hydrogen (secondary N) is 1. The maximum atomic E-state index is 13.7. The molecule has 0 aliphatic heterocycles. The Kier molecular flexibility index (Phi) is 8.83. The highest BCUT2D eigenvalue weighted by Crippen LogP contribution is 2.36. The molecule has 3 rings (SSSR count). The molecule has 0 aliphatic carbocycles. The average molecular weight is 523 g/mol. The van der Waals surface area contributed by atoms with Crippen LogP contribution in [0.1, 0.15) is 6.42 Å². The zero-order valence-electron chi connectivity index (χ0n) is 19.6. The van der Waals surface area contributed by atoms with E-state index in [1.54, 1.807) is 18.6 Å². The van der Waals surface area contributed by atoms with Crippen LogP contribution in [0.4, 0.5) is 5.69 Å². The summed E-state index contributed by atoms with van der Waals surface area (Å²) in [6, 6.07) is 8.74. The lowest BCUT2D eigenvalue weighted by molar-refractivity contribution is -0.119. The van der Waals surface area contributed by atoms with Crippen LogP contribution in [0.25, 0.3) is 0 Å². The third-order valence-electron chi connectivity index (χ3n) is 5.11. The van der Waals surface area contributed by atoms with Gasteiger partial charge in [-0.3, -0.25) is 9.10 Å². The van der Waals surface area contributed by atoms with Crippen LogP contribution in [-0.2, 0) is 21.4 Å². The molecule has 1 amide bonds. The number of sulfonamides is 1. The summed E-state index contributed by atoms with van der Waals surface area (Å²) in [6.45, 7) is 0.530. The highest BCUT2D eigenvalue weighted by Gasteiger charge is 2.30. The smallest absolute Gasteiger partial charge is 0.265 e. The molecule has 188 valence electrons. The van der Waals surface area contributed by atoms with Crippen molar-refractivity contribution >= 4 is 33.2 Å². The monoisotopic (exact) mass is 522 g/mol. The number of nitrogens with zero attached hydrogens (tertiary/aromatic N) is 3. The fraction of sp³-hybridized carbons (Fsp3) is 0.304. The van der Waals surface area contributed by atoms with Crippen LogP contribution in [-0.4, -0.2) is 58.3 Å². The Balaban J connectivity index is 1.89. The molecule has 0 aliphatic rings. The van der Waals surface area contributed by atoms with Gasteiger partial charge in [0.15, 0.2) is 11.5 Å². The predicted octanol–water partition coefficient (Wildman–Crippen LogP) is 2.96. The van der Waals surface area contributed by atoms with Gasteiger partial charge in [0.05, 0.1) is 38.2 Å². The molecule has 0 saturated heterocycles. The van der Waals surface area contributed by atoms with E-state index in [1.807, 2.05) is 10.8 Å². The number of aromatic nitrogens is 2. The van der Waals surface area contributed by atoms with Crippen LogP contribution in [0.15, 0.2) is 60.0 Å². The molecular weight excluding hydrogens is 496 g/mol. The minimum absolute atomic E-state index is 0.0925. The summed E-state index contributed by atoms with van der Waals surface area (Å²) in [5.41, 5.74) is 0.128.